The Labute approximate surface area is 155 Å². The molecule has 1 unspecified atom stereocenters. The van der Waals surface area contributed by atoms with Crippen LogP contribution in [0, 0.1) is 10.1 Å². The minimum absolute atomic E-state index is 0.0815. The number of carbonyl (C=O) groups is 1. The minimum Gasteiger partial charge on any atom is -0.459 e. The van der Waals surface area contributed by atoms with E-state index in [-0.39, 0.29) is 22.7 Å². The first kappa shape index (κ1) is 18.6. The Balaban J connectivity index is 1.75. The fourth-order valence-corrected chi connectivity index (χ4v) is 3.68. The first-order valence-electron chi connectivity index (χ1n) is 8.03. The third-order valence-corrected chi connectivity index (χ3v) is 5.34. The Hall–Kier alpha value is -3.20. The number of sulfonamides is 1. The Bertz CT molecular complexity index is 1010. The van der Waals surface area contributed by atoms with E-state index in [9.17, 15) is 23.3 Å². The zero-order valence-electron chi connectivity index (χ0n) is 14.3. The minimum atomic E-state index is -3.87. The van der Waals surface area contributed by atoms with Gasteiger partial charge in [0.2, 0.25) is 0 Å². The Morgan fingerprint density at radius 3 is 2.30 bits per heavy atom. The summed E-state index contributed by atoms with van der Waals surface area (Å²) in [5.74, 6) is -0.342. The molecular formula is C18H16N2O6S. The Morgan fingerprint density at radius 1 is 1.15 bits per heavy atom. The van der Waals surface area contributed by atoms with Gasteiger partial charge in [-0.2, -0.15) is 0 Å². The molecule has 1 heterocycles. The maximum atomic E-state index is 12.4. The molecule has 0 amide bonds. The number of ether oxygens (including phenoxy) is 1. The van der Waals surface area contributed by atoms with Gasteiger partial charge < -0.3 is 4.74 Å². The number of nitrogens with one attached hydrogen (secondary N) is 1. The predicted octanol–water partition coefficient (Wildman–Crippen LogP) is 3.11. The number of carbonyl (C=O) groups excluding carboxylic acids is 1. The van der Waals surface area contributed by atoms with Crippen LogP contribution in [-0.2, 0) is 19.6 Å². The lowest BCUT2D eigenvalue weighted by molar-refractivity contribution is -0.384. The number of esters is 1. The maximum absolute atomic E-state index is 12.4. The summed E-state index contributed by atoms with van der Waals surface area (Å²) in [4.78, 5) is 21.6. The third-order valence-electron chi connectivity index (χ3n) is 3.94. The molecule has 1 fully saturated rings. The van der Waals surface area contributed by atoms with Crippen LogP contribution in [0.1, 0.15) is 18.9 Å². The number of benzene rings is 2. The van der Waals surface area contributed by atoms with Crippen molar-refractivity contribution in [3.8, 4) is 0 Å². The molecule has 2 aromatic rings. The van der Waals surface area contributed by atoms with E-state index in [4.69, 9.17) is 4.74 Å². The molecule has 140 valence electrons. The van der Waals surface area contributed by atoms with E-state index in [0.29, 0.717) is 17.7 Å². The first-order valence-corrected chi connectivity index (χ1v) is 9.52. The molecule has 2 aromatic carbocycles. The number of rotatable bonds is 5. The zero-order valence-corrected chi connectivity index (χ0v) is 15.1. The SMILES string of the molecule is CC1C/C(=C\c2ccc(NS(=O)(=O)c3ccc([N+](=O)[O-])cc3)cc2)C(=O)O1. The molecule has 1 saturated heterocycles. The number of hydrogen-bond acceptors (Lipinski definition) is 6. The molecule has 1 aliphatic heterocycles. The molecular weight excluding hydrogens is 372 g/mol. The maximum Gasteiger partial charge on any atom is 0.334 e. The van der Waals surface area contributed by atoms with Crippen LogP contribution in [0.4, 0.5) is 11.4 Å². The van der Waals surface area contributed by atoms with Gasteiger partial charge in [0, 0.05) is 29.8 Å². The number of hydrogen-bond donors (Lipinski definition) is 1. The molecule has 1 aliphatic rings. The predicted molar refractivity (Wildman–Crippen MR) is 98.5 cm³/mol. The van der Waals surface area contributed by atoms with Crippen LogP contribution >= 0.6 is 0 Å². The van der Waals surface area contributed by atoms with E-state index in [0.717, 1.165) is 17.7 Å². The van der Waals surface area contributed by atoms with Gasteiger partial charge in [-0.05, 0) is 42.8 Å². The Morgan fingerprint density at radius 2 is 1.78 bits per heavy atom. The third kappa shape index (κ3) is 4.32. The highest BCUT2D eigenvalue weighted by atomic mass is 32.2. The second kappa shape index (κ2) is 7.20. The van der Waals surface area contributed by atoms with Crippen molar-refractivity contribution in [2.24, 2.45) is 0 Å². The van der Waals surface area contributed by atoms with E-state index < -0.39 is 14.9 Å². The van der Waals surface area contributed by atoms with Gasteiger partial charge in [-0.3, -0.25) is 14.8 Å². The smallest absolute Gasteiger partial charge is 0.334 e. The normalized spacial score (nSPS) is 18.3. The quantitative estimate of drug-likeness (QED) is 0.364. The summed E-state index contributed by atoms with van der Waals surface area (Å²) in [7, 11) is -3.87. The highest BCUT2D eigenvalue weighted by Crippen LogP contribution is 2.24. The summed E-state index contributed by atoms with van der Waals surface area (Å²) in [6.07, 6.45) is 2.10. The summed E-state index contributed by atoms with van der Waals surface area (Å²) in [6.45, 7) is 1.81. The molecule has 8 nitrogen and oxygen atoms in total. The van der Waals surface area contributed by atoms with Gasteiger partial charge in [0.05, 0.1) is 9.82 Å². The molecule has 9 heteroatoms. The number of anilines is 1. The largest absolute Gasteiger partial charge is 0.459 e. The van der Waals surface area contributed by atoms with E-state index in [2.05, 4.69) is 4.72 Å². The van der Waals surface area contributed by atoms with Gasteiger partial charge in [0.1, 0.15) is 6.10 Å². The van der Waals surface area contributed by atoms with E-state index in [1.807, 2.05) is 6.92 Å². The van der Waals surface area contributed by atoms with Crippen LogP contribution in [0.25, 0.3) is 6.08 Å². The molecule has 0 radical (unpaired) electrons. The number of nitrogens with zero attached hydrogens (tertiary/aromatic N) is 1. The molecule has 0 bridgehead atoms. The van der Waals surface area contributed by atoms with Gasteiger partial charge in [-0.25, -0.2) is 13.2 Å². The molecule has 0 aliphatic carbocycles. The van der Waals surface area contributed by atoms with Crippen LogP contribution in [0.5, 0.6) is 0 Å². The molecule has 27 heavy (non-hydrogen) atoms. The van der Waals surface area contributed by atoms with Crippen molar-refractivity contribution < 1.29 is 22.9 Å². The summed E-state index contributed by atoms with van der Waals surface area (Å²) >= 11 is 0. The van der Waals surface area contributed by atoms with Crippen LogP contribution in [0.3, 0.4) is 0 Å². The molecule has 1 atom stereocenters. The van der Waals surface area contributed by atoms with Gasteiger partial charge >= 0.3 is 5.97 Å². The van der Waals surface area contributed by atoms with E-state index in [1.54, 1.807) is 30.3 Å². The van der Waals surface area contributed by atoms with Gasteiger partial charge in [0.15, 0.2) is 0 Å². The lowest BCUT2D eigenvalue weighted by atomic mass is 10.1. The summed E-state index contributed by atoms with van der Waals surface area (Å²) in [5.41, 5.74) is 1.46. The van der Waals surface area contributed by atoms with E-state index in [1.165, 1.54) is 12.1 Å². The number of nitro groups is 1. The average molecular weight is 388 g/mol. The van der Waals surface area contributed by atoms with Gasteiger partial charge in [0.25, 0.3) is 15.7 Å². The monoisotopic (exact) mass is 388 g/mol. The van der Waals surface area contributed by atoms with Crippen molar-refractivity contribution in [3.05, 3.63) is 69.8 Å². The van der Waals surface area contributed by atoms with Crippen molar-refractivity contribution in [2.45, 2.75) is 24.3 Å². The summed E-state index contributed by atoms with van der Waals surface area (Å²) in [6, 6.07) is 11.1. The van der Waals surface area contributed by atoms with Gasteiger partial charge in [-0.15, -0.1) is 0 Å². The molecule has 0 aromatic heterocycles. The number of cyclic esters (lactones) is 1. The van der Waals surface area contributed by atoms with Crippen LogP contribution in [0.2, 0.25) is 0 Å². The molecule has 0 saturated carbocycles. The lowest BCUT2D eigenvalue weighted by Crippen LogP contribution is -2.12. The number of nitro benzene ring substituents is 1. The topological polar surface area (TPSA) is 116 Å². The highest BCUT2D eigenvalue weighted by Gasteiger charge is 2.25. The van der Waals surface area contributed by atoms with Crippen LogP contribution < -0.4 is 4.72 Å². The molecule has 3 rings (SSSR count). The molecule has 0 spiro atoms. The average Bonchev–Trinajstić information content (AvgIpc) is 2.93. The van der Waals surface area contributed by atoms with E-state index >= 15 is 0 Å². The van der Waals surface area contributed by atoms with Gasteiger partial charge in [-0.1, -0.05) is 12.1 Å². The van der Waals surface area contributed by atoms with Crippen molar-refractivity contribution in [3.63, 3.8) is 0 Å². The first-order chi connectivity index (χ1) is 12.7. The zero-order chi connectivity index (χ0) is 19.6. The van der Waals surface area contributed by atoms with Crippen molar-refractivity contribution >= 4 is 33.4 Å². The van der Waals surface area contributed by atoms with Crippen LogP contribution in [-0.4, -0.2) is 25.4 Å². The second-order valence-electron chi connectivity index (χ2n) is 6.07. The van der Waals surface area contributed by atoms with Crippen molar-refractivity contribution in [2.75, 3.05) is 4.72 Å². The lowest BCUT2D eigenvalue weighted by Gasteiger charge is -2.08. The Kier molecular flexibility index (Phi) is 4.95. The fraction of sp³-hybridized carbons (Fsp3) is 0.167. The fourth-order valence-electron chi connectivity index (χ4n) is 2.62. The highest BCUT2D eigenvalue weighted by molar-refractivity contribution is 7.92. The summed E-state index contributed by atoms with van der Waals surface area (Å²) in [5, 5.41) is 10.7. The second-order valence-corrected chi connectivity index (χ2v) is 7.75. The standard InChI is InChI=1S/C18H16N2O6S/c1-12-10-14(18(21)26-12)11-13-2-4-15(5-3-13)19-27(24,25)17-8-6-16(7-9-17)20(22)23/h2-9,11-12,19H,10H2,1H3/b14-11+. The van der Waals surface area contributed by atoms with Crippen molar-refractivity contribution in [1.82, 2.24) is 0 Å². The molecule has 1 N–H and O–H groups in total. The number of non-ortho nitro benzene ring substituents is 1. The summed E-state index contributed by atoms with van der Waals surface area (Å²) < 4.78 is 32.2. The van der Waals surface area contributed by atoms with Crippen molar-refractivity contribution in [1.29, 1.82) is 0 Å². The van der Waals surface area contributed by atoms with Crippen LogP contribution in [0.15, 0.2) is 59.0 Å².